The molecular formula is C14H10Cl2O2. The van der Waals surface area contributed by atoms with Crippen LogP contribution in [0.3, 0.4) is 0 Å². The largest absolute Gasteiger partial charge is 0.478 e. The zero-order chi connectivity index (χ0) is 13.3. The van der Waals surface area contributed by atoms with Crippen molar-refractivity contribution in [2.45, 2.75) is 6.92 Å². The van der Waals surface area contributed by atoms with Crippen LogP contribution in [0.5, 0.6) is 0 Å². The molecular weight excluding hydrogens is 271 g/mol. The number of rotatable bonds is 2. The molecule has 0 unspecified atom stereocenters. The van der Waals surface area contributed by atoms with Crippen LogP contribution in [0, 0.1) is 6.92 Å². The first-order valence-electron chi connectivity index (χ1n) is 5.28. The molecule has 0 aliphatic rings. The predicted molar refractivity (Wildman–Crippen MR) is 73.6 cm³/mol. The summed E-state index contributed by atoms with van der Waals surface area (Å²) < 4.78 is 0. The van der Waals surface area contributed by atoms with Crippen LogP contribution in [-0.2, 0) is 0 Å². The molecule has 0 saturated carbocycles. The van der Waals surface area contributed by atoms with E-state index in [0.29, 0.717) is 10.0 Å². The van der Waals surface area contributed by atoms with Gasteiger partial charge in [0.2, 0.25) is 0 Å². The van der Waals surface area contributed by atoms with E-state index in [1.165, 1.54) is 0 Å². The minimum Gasteiger partial charge on any atom is -0.478 e. The summed E-state index contributed by atoms with van der Waals surface area (Å²) in [4.78, 5) is 11.0. The van der Waals surface area contributed by atoms with E-state index in [4.69, 9.17) is 28.3 Å². The van der Waals surface area contributed by atoms with Crippen molar-refractivity contribution in [3.05, 3.63) is 57.6 Å². The van der Waals surface area contributed by atoms with Gasteiger partial charge >= 0.3 is 5.97 Å². The quantitative estimate of drug-likeness (QED) is 0.868. The second-order valence-corrected chi connectivity index (χ2v) is 4.86. The van der Waals surface area contributed by atoms with Gasteiger partial charge in [-0.2, -0.15) is 0 Å². The third-order valence-electron chi connectivity index (χ3n) is 2.57. The highest BCUT2D eigenvalue weighted by molar-refractivity contribution is 6.36. The van der Waals surface area contributed by atoms with E-state index in [0.717, 1.165) is 16.7 Å². The number of aromatic carboxylic acids is 1. The molecule has 0 radical (unpaired) electrons. The number of benzene rings is 2. The molecule has 0 aromatic heterocycles. The Morgan fingerprint density at radius 2 is 1.83 bits per heavy atom. The molecule has 2 nitrogen and oxygen atoms in total. The van der Waals surface area contributed by atoms with Gasteiger partial charge in [-0.05, 0) is 42.3 Å². The van der Waals surface area contributed by atoms with Crippen molar-refractivity contribution in [2.24, 2.45) is 0 Å². The summed E-state index contributed by atoms with van der Waals surface area (Å²) in [6, 6.07) is 10.3. The lowest BCUT2D eigenvalue weighted by molar-refractivity contribution is 0.0697. The summed E-state index contributed by atoms with van der Waals surface area (Å²) in [6.45, 7) is 1.85. The Hall–Kier alpha value is -1.51. The minimum atomic E-state index is -0.954. The Morgan fingerprint density at radius 3 is 2.44 bits per heavy atom. The Balaban J connectivity index is 2.60. The summed E-state index contributed by atoms with van der Waals surface area (Å²) in [5.74, 6) is -0.954. The molecule has 0 atom stereocenters. The molecule has 0 bridgehead atoms. The first kappa shape index (κ1) is 12.9. The standard InChI is InChI=1S/C14H10Cl2O2/c1-8-4-9(6-10(5-8)14(17)18)12-3-2-11(15)7-13(12)16/h2-7H,1H3,(H,17,18). The van der Waals surface area contributed by atoms with E-state index in [1.807, 2.05) is 13.0 Å². The maximum absolute atomic E-state index is 11.0. The highest BCUT2D eigenvalue weighted by atomic mass is 35.5. The van der Waals surface area contributed by atoms with E-state index in [2.05, 4.69) is 0 Å². The molecule has 0 aliphatic carbocycles. The number of halogens is 2. The van der Waals surface area contributed by atoms with Crippen LogP contribution >= 0.6 is 23.2 Å². The van der Waals surface area contributed by atoms with E-state index < -0.39 is 5.97 Å². The third-order valence-corrected chi connectivity index (χ3v) is 3.11. The average molecular weight is 281 g/mol. The topological polar surface area (TPSA) is 37.3 Å². The van der Waals surface area contributed by atoms with Crippen LogP contribution in [0.15, 0.2) is 36.4 Å². The summed E-state index contributed by atoms with van der Waals surface area (Å²) >= 11 is 12.0. The first-order valence-corrected chi connectivity index (χ1v) is 6.03. The van der Waals surface area contributed by atoms with Gasteiger partial charge in [0.1, 0.15) is 0 Å². The van der Waals surface area contributed by atoms with Gasteiger partial charge in [-0.3, -0.25) is 0 Å². The summed E-state index contributed by atoms with van der Waals surface area (Å²) in [6.07, 6.45) is 0. The number of carboxylic acid groups (broad SMARTS) is 1. The fraction of sp³-hybridized carbons (Fsp3) is 0.0714. The smallest absolute Gasteiger partial charge is 0.335 e. The zero-order valence-corrected chi connectivity index (χ0v) is 11.1. The molecule has 0 saturated heterocycles. The third kappa shape index (κ3) is 2.66. The number of carbonyl (C=O) groups is 1. The van der Waals surface area contributed by atoms with Crippen molar-refractivity contribution in [1.82, 2.24) is 0 Å². The molecule has 0 fully saturated rings. The van der Waals surface area contributed by atoms with E-state index in [9.17, 15) is 4.79 Å². The molecule has 92 valence electrons. The lowest BCUT2D eigenvalue weighted by Gasteiger charge is -2.07. The van der Waals surface area contributed by atoms with Gasteiger partial charge in [0, 0.05) is 15.6 Å². The van der Waals surface area contributed by atoms with Crippen molar-refractivity contribution in [3.63, 3.8) is 0 Å². The van der Waals surface area contributed by atoms with Crippen LogP contribution in [0.25, 0.3) is 11.1 Å². The summed E-state index contributed by atoms with van der Waals surface area (Å²) in [5.41, 5.74) is 2.66. The molecule has 0 amide bonds. The van der Waals surface area contributed by atoms with Gasteiger partial charge in [-0.15, -0.1) is 0 Å². The Labute approximate surface area is 115 Å². The van der Waals surface area contributed by atoms with Crippen LogP contribution in [0.4, 0.5) is 0 Å². The van der Waals surface area contributed by atoms with Gasteiger partial charge in [-0.25, -0.2) is 4.79 Å². The molecule has 0 heterocycles. The maximum atomic E-state index is 11.0. The predicted octanol–water partition coefficient (Wildman–Crippen LogP) is 4.67. The van der Waals surface area contributed by atoms with E-state index in [1.54, 1.807) is 30.3 Å². The number of hydrogen-bond acceptors (Lipinski definition) is 1. The van der Waals surface area contributed by atoms with Crippen LogP contribution in [0.1, 0.15) is 15.9 Å². The fourth-order valence-corrected chi connectivity index (χ4v) is 2.30. The Kier molecular flexibility index (Phi) is 3.60. The number of carboxylic acids is 1. The lowest BCUT2D eigenvalue weighted by Crippen LogP contribution is -1.97. The molecule has 0 spiro atoms. The average Bonchev–Trinajstić information content (AvgIpc) is 2.27. The molecule has 2 aromatic carbocycles. The fourth-order valence-electron chi connectivity index (χ4n) is 1.79. The SMILES string of the molecule is Cc1cc(C(=O)O)cc(-c2ccc(Cl)cc2Cl)c1. The molecule has 2 aromatic rings. The minimum absolute atomic E-state index is 0.246. The molecule has 18 heavy (non-hydrogen) atoms. The van der Waals surface area contributed by atoms with Gasteiger partial charge in [-0.1, -0.05) is 35.3 Å². The van der Waals surface area contributed by atoms with Gasteiger partial charge in [0.15, 0.2) is 0 Å². The molecule has 2 rings (SSSR count). The normalized spacial score (nSPS) is 10.4. The van der Waals surface area contributed by atoms with Crippen molar-refractivity contribution in [1.29, 1.82) is 0 Å². The first-order chi connectivity index (χ1) is 8.47. The number of hydrogen-bond donors (Lipinski definition) is 1. The van der Waals surface area contributed by atoms with Crippen molar-refractivity contribution < 1.29 is 9.90 Å². The van der Waals surface area contributed by atoms with Crippen LogP contribution in [-0.4, -0.2) is 11.1 Å². The zero-order valence-electron chi connectivity index (χ0n) is 9.58. The van der Waals surface area contributed by atoms with Gasteiger partial charge in [0.25, 0.3) is 0 Å². The molecule has 4 heteroatoms. The monoisotopic (exact) mass is 280 g/mol. The van der Waals surface area contributed by atoms with Crippen molar-refractivity contribution in [2.75, 3.05) is 0 Å². The summed E-state index contributed by atoms with van der Waals surface area (Å²) in [5, 5.41) is 10.1. The van der Waals surface area contributed by atoms with Crippen LogP contribution < -0.4 is 0 Å². The molecule has 1 N–H and O–H groups in total. The van der Waals surface area contributed by atoms with Crippen molar-refractivity contribution >= 4 is 29.2 Å². The summed E-state index contributed by atoms with van der Waals surface area (Å²) in [7, 11) is 0. The lowest BCUT2D eigenvalue weighted by atomic mass is 10.0. The number of aryl methyl sites for hydroxylation is 1. The maximum Gasteiger partial charge on any atom is 0.335 e. The highest BCUT2D eigenvalue weighted by Crippen LogP contribution is 2.31. The van der Waals surface area contributed by atoms with Gasteiger partial charge < -0.3 is 5.11 Å². The van der Waals surface area contributed by atoms with E-state index >= 15 is 0 Å². The Bertz CT molecular complexity index is 621. The van der Waals surface area contributed by atoms with Crippen LogP contribution in [0.2, 0.25) is 10.0 Å². The molecule has 0 aliphatic heterocycles. The van der Waals surface area contributed by atoms with Crippen molar-refractivity contribution in [3.8, 4) is 11.1 Å². The van der Waals surface area contributed by atoms with Gasteiger partial charge in [0.05, 0.1) is 5.56 Å². The second-order valence-electron chi connectivity index (χ2n) is 4.02. The Morgan fingerprint density at radius 1 is 1.11 bits per heavy atom. The van der Waals surface area contributed by atoms with E-state index in [-0.39, 0.29) is 5.56 Å². The highest BCUT2D eigenvalue weighted by Gasteiger charge is 2.09. The second kappa shape index (κ2) is 5.01.